The van der Waals surface area contributed by atoms with E-state index in [1.807, 2.05) is 18.2 Å². The Labute approximate surface area is 201 Å². The number of nitrogens with zero attached hydrogens (tertiary/aromatic N) is 3. The number of methoxy groups -OCH3 is 1. The molecule has 5 rings (SSSR count). The van der Waals surface area contributed by atoms with E-state index < -0.39 is 10.0 Å². The second kappa shape index (κ2) is 8.86. The maximum atomic E-state index is 13.6. The maximum absolute atomic E-state index is 13.6. The lowest BCUT2D eigenvalue weighted by Crippen LogP contribution is -2.31. The summed E-state index contributed by atoms with van der Waals surface area (Å²) in [5.74, 6) is 1.01. The van der Waals surface area contributed by atoms with Gasteiger partial charge in [0.15, 0.2) is 5.13 Å². The van der Waals surface area contributed by atoms with Crippen LogP contribution in [0.4, 0.5) is 5.13 Å². The van der Waals surface area contributed by atoms with E-state index in [2.05, 4.69) is 4.98 Å². The number of anilines is 1. The van der Waals surface area contributed by atoms with Crippen molar-refractivity contribution in [1.29, 1.82) is 0 Å². The lowest BCUT2D eigenvalue weighted by molar-refractivity contribution is 0.0983. The molecule has 34 heavy (non-hydrogen) atoms. The molecule has 1 aliphatic carbocycles. The summed E-state index contributed by atoms with van der Waals surface area (Å²) in [5, 5.41) is 0.509. The lowest BCUT2D eigenvalue weighted by Gasteiger charge is -2.19. The molecule has 0 atom stereocenters. The van der Waals surface area contributed by atoms with E-state index in [9.17, 15) is 13.2 Å². The fraction of sp³-hybridized carbons (Fsp3) is 0.250. The molecule has 0 unspecified atom stereocenters. The van der Waals surface area contributed by atoms with Crippen molar-refractivity contribution in [2.45, 2.75) is 30.3 Å². The highest BCUT2D eigenvalue weighted by Crippen LogP contribution is 2.34. The number of fused-ring (bicyclic) bond motifs is 1. The highest BCUT2D eigenvalue weighted by Gasteiger charge is 2.35. The largest absolute Gasteiger partial charge is 0.497 e. The van der Waals surface area contributed by atoms with Gasteiger partial charge in [-0.05, 0) is 67.4 Å². The molecule has 10 heteroatoms. The van der Waals surface area contributed by atoms with Gasteiger partial charge in [-0.15, -0.1) is 0 Å². The highest BCUT2D eigenvalue weighted by atomic mass is 32.2. The number of amides is 1. The Bertz CT molecular complexity index is 1430. The summed E-state index contributed by atoms with van der Waals surface area (Å²) < 4.78 is 38.7. The van der Waals surface area contributed by atoms with Crippen molar-refractivity contribution < 1.29 is 22.4 Å². The predicted octanol–water partition coefficient (Wildman–Crippen LogP) is 4.53. The maximum Gasteiger partial charge on any atom is 0.260 e. The van der Waals surface area contributed by atoms with Gasteiger partial charge in [0.1, 0.15) is 11.5 Å². The summed E-state index contributed by atoms with van der Waals surface area (Å²) in [7, 11) is -0.388. The smallest absolute Gasteiger partial charge is 0.260 e. The van der Waals surface area contributed by atoms with Crippen molar-refractivity contribution in [3.8, 4) is 5.75 Å². The molecular formula is C24H23N3O5S2. The average Bonchev–Trinajstić information content (AvgIpc) is 3.40. The van der Waals surface area contributed by atoms with E-state index in [0.29, 0.717) is 22.2 Å². The third-order valence-electron chi connectivity index (χ3n) is 5.79. The van der Waals surface area contributed by atoms with Gasteiger partial charge in [-0.3, -0.25) is 9.69 Å². The van der Waals surface area contributed by atoms with Crippen LogP contribution in [0.15, 0.2) is 70.2 Å². The van der Waals surface area contributed by atoms with Gasteiger partial charge in [-0.25, -0.2) is 13.4 Å². The fourth-order valence-corrected chi connectivity index (χ4v) is 6.05. The van der Waals surface area contributed by atoms with Gasteiger partial charge in [-0.2, -0.15) is 4.31 Å². The van der Waals surface area contributed by atoms with Crippen LogP contribution in [0.2, 0.25) is 0 Å². The lowest BCUT2D eigenvalue weighted by atomic mass is 10.2. The molecule has 0 bridgehead atoms. The molecule has 2 aromatic heterocycles. The van der Waals surface area contributed by atoms with E-state index in [-0.39, 0.29) is 23.4 Å². The number of hydrogen-bond donors (Lipinski definition) is 0. The SMILES string of the molecule is COc1ccc2nc(N(Cc3ccco3)C(=O)c3ccc(S(=O)(=O)N(C)C4CC4)cc3)sc2c1. The number of furan rings is 1. The number of hydrogen-bond acceptors (Lipinski definition) is 7. The molecule has 1 aliphatic rings. The molecule has 0 aliphatic heterocycles. The van der Waals surface area contributed by atoms with E-state index >= 15 is 0 Å². The number of carbonyl (C=O) groups is 1. The van der Waals surface area contributed by atoms with Crippen LogP contribution in [0.3, 0.4) is 0 Å². The Kier molecular flexibility index (Phi) is 5.88. The zero-order valence-corrected chi connectivity index (χ0v) is 20.3. The zero-order valence-electron chi connectivity index (χ0n) is 18.7. The van der Waals surface area contributed by atoms with E-state index in [4.69, 9.17) is 9.15 Å². The molecule has 8 nitrogen and oxygen atoms in total. The summed E-state index contributed by atoms with van der Waals surface area (Å²) in [5.41, 5.74) is 1.11. The first-order chi connectivity index (χ1) is 16.4. The topological polar surface area (TPSA) is 93.0 Å². The van der Waals surface area contributed by atoms with Crippen LogP contribution in [0, 0.1) is 0 Å². The minimum Gasteiger partial charge on any atom is -0.497 e. The minimum absolute atomic E-state index is 0.0627. The molecule has 2 aromatic carbocycles. The first kappa shape index (κ1) is 22.6. The van der Waals surface area contributed by atoms with Crippen molar-refractivity contribution in [3.05, 3.63) is 72.2 Å². The molecule has 0 radical (unpaired) electrons. The Balaban J connectivity index is 1.47. The molecule has 1 fully saturated rings. The summed E-state index contributed by atoms with van der Waals surface area (Å²) in [6.07, 6.45) is 3.31. The first-order valence-corrected chi connectivity index (χ1v) is 13.0. The average molecular weight is 498 g/mol. The van der Waals surface area contributed by atoms with Crippen LogP contribution in [-0.4, -0.2) is 43.8 Å². The second-order valence-corrected chi connectivity index (χ2v) is 11.1. The van der Waals surface area contributed by atoms with E-state index in [1.54, 1.807) is 44.7 Å². The third kappa shape index (κ3) is 4.31. The Morgan fingerprint density at radius 1 is 1.18 bits per heavy atom. The van der Waals surface area contributed by atoms with Crippen LogP contribution in [0.1, 0.15) is 29.0 Å². The van der Waals surface area contributed by atoms with Crippen LogP contribution < -0.4 is 9.64 Å². The zero-order chi connectivity index (χ0) is 23.9. The van der Waals surface area contributed by atoms with Crippen LogP contribution in [0.5, 0.6) is 5.75 Å². The molecule has 0 N–H and O–H groups in total. The van der Waals surface area contributed by atoms with Crippen molar-refractivity contribution in [2.75, 3.05) is 19.1 Å². The van der Waals surface area contributed by atoms with Crippen molar-refractivity contribution >= 4 is 42.6 Å². The monoisotopic (exact) mass is 497 g/mol. The van der Waals surface area contributed by atoms with Crippen molar-refractivity contribution in [1.82, 2.24) is 9.29 Å². The van der Waals surface area contributed by atoms with Gasteiger partial charge >= 0.3 is 0 Å². The molecular weight excluding hydrogens is 474 g/mol. The normalized spacial score (nSPS) is 14.0. The molecule has 2 heterocycles. The number of carbonyl (C=O) groups excluding carboxylic acids is 1. The van der Waals surface area contributed by atoms with Crippen LogP contribution >= 0.6 is 11.3 Å². The number of rotatable bonds is 8. The van der Waals surface area contributed by atoms with E-state index in [1.165, 1.54) is 32.7 Å². The summed E-state index contributed by atoms with van der Waals surface area (Å²) in [6.45, 7) is 0.188. The molecule has 1 saturated carbocycles. The van der Waals surface area contributed by atoms with Crippen LogP contribution in [0.25, 0.3) is 10.2 Å². The van der Waals surface area contributed by atoms with Gasteiger partial charge in [0, 0.05) is 18.7 Å². The van der Waals surface area contributed by atoms with Gasteiger partial charge in [0.2, 0.25) is 10.0 Å². The van der Waals surface area contributed by atoms with Crippen LogP contribution in [-0.2, 0) is 16.6 Å². The molecule has 176 valence electrons. The molecule has 4 aromatic rings. The minimum atomic E-state index is -3.58. The number of aromatic nitrogens is 1. The first-order valence-electron chi connectivity index (χ1n) is 10.7. The molecule has 0 saturated heterocycles. The van der Waals surface area contributed by atoms with Crippen molar-refractivity contribution in [3.63, 3.8) is 0 Å². The summed E-state index contributed by atoms with van der Waals surface area (Å²) >= 11 is 1.37. The van der Waals surface area contributed by atoms with Gasteiger partial charge in [0.25, 0.3) is 5.91 Å². The Morgan fingerprint density at radius 2 is 1.94 bits per heavy atom. The predicted molar refractivity (Wildman–Crippen MR) is 130 cm³/mol. The number of ether oxygens (including phenoxy) is 1. The molecule has 1 amide bonds. The highest BCUT2D eigenvalue weighted by molar-refractivity contribution is 7.89. The second-order valence-electron chi connectivity index (χ2n) is 8.08. The van der Waals surface area contributed by atoms with Gasteiger partial charge < -0.3 is 9.15 Å². The summed E-state index contributed by atoms with van der Waals surface area (Å²) in [4.78, 5) is 19.9. The van der Waals surface area contributed by atoms with Crippen molar-refractivity contribution in [2.24, 2.45) is 0 Å². The van der Waals surface area contributed by atoms with E-state index in [0.717, 1.165) is 23.1 Å². The number of benzene rings is 2. The van der Waals surface area contributed by atoms with Gasteiger partial charge in [0.05, 0.1) is 35.0 Å². The number of sulfonamides is 1. The van der Waals surface area contributed by atoms with Gasteiger partial charge in [-0.1, -0.05) is 11.3 Å². The Morgan fingerprint density at radius 3 is 2.59 bits per heavy atom. The quantitative estimate of drug-likeness (QED) is 0.355. The fourth-order valence-electron chi connectivity index (χ4n) is 3.65. The standard InChI is InChI=1S/C24H23N3O5S2/c1-26(17-7-8-17)34(29,30)20-10-5-16(6-11-20)23(28)27(15-19-4-3-13-32-19)24-25-21-12-9-18(31-2)14-22(21)33-24/h3-6,9-14,17H,7-8,15H2,1-2H3. The Hall–Kier alpha value is -3.21. The summed E-state index contributed by atoms with van der Waals surface area (Å²) in [6, 6.07) is 15.2. The third-order valence-corrected chi connectivity index (χ3v) is 8.76. The molecule has 0 spiro atoms. The number of thiazole rings is 1.